The van der Waals surface area contributed by atoms with Gasteiger partial charge in [-0.05, 0) is 25.8 Å². The normalized spacial score (nSPS) is 18.9. The fourth-order valence-corrected chi connectivity index (χ4v) is 1.95. The number of rotatable bonds is 8. The van der Waals surface area contributed by atoms with Crippen molar-refractivity contribution in [2.24, 2.45) is 5.92 Å². The molecule has 78 valence electrons. The smallest absolute Gasteiger partial charge is 0.00667 e. The summed E-state index contributed by atoms with van der Waals surface area (Å²) in [5.41, 5.74) is 0. The molecule has 0 radical (unpaired) electrons. The summed E-state index contributed by atoms with van der Waals surface area (Å²) in [6.45, 7) is 2.28. The van der Waals surface area contributed by atoms with Gasteiger partial charge in [-0.25, -0.2) is 0 Å². The molecule has 0 saturated heterocycles. The van der Waals surface area contributed by atoms with E-state index in [2.05, 4.69) is 19.3 Å². The quantitative estimate of drug-likeness (QED) is 0.569. The van der Waals surface area contributed by atoms with Crippen LogP contribution in [0.15, 0.2) is 0 Å². The fourth-order valence-electron chi connectivity index (χ4n) is 1.95. The van der Waals surface area contributed by atoms with Crippen LogP contribution in [0.3, 0.4) is 0 Å². The van der Waals surface area contributed by atoms with Crippen LogP contribution in [0.25, 0.3) is 0 Å². The van der Waals surface area contributed by atoms with E-state index in [4.69, 9.17) is 0 Å². The maximum atomic E-state index is 3.45. The van der Waals surface area contributed by atoms with E-state index in [0.29, 0.717) is 0 Å². The molecule has 1 N–H and O–H groups in total. The number of unbranched alkanes of at least 4 members (excludes halogenated alkanes) is 3. The molecule has 0 amide bonds. The van der Waals surface area contributed by atoms with Crippen LogP contribution in [0, 0.1) is 5.92 Å². The van der Waals surface area contributed by atoms with Crippen molar-refractivity contribution < 1.29 is 0 Å². The van der Waals surface area contributed by atoms with Crippen LogP contribution in [0.1, 0.15) is 58.3 Å². The molecule has 0 heterocycles. The van der Waals surface area contributed by atoms with Crippen molar-refractivity contribution in [3.8, 4) is 0 Å². The van der Waals surface area contributed by atoms with Crippen molar-refractivity contribution in [3.05, 3.63) is 0 Å². The van der Waals surface area contributed by atoms with E-state index >= 15 is 0 Å². The van der Waals surface area contributed by atoms with Crippen molar-refractivity contribution in [1.29, 1.82) is 0 Å². The van der Waals surface area contributed by atoms with E-state index in [0.717, 1.165) is 12.0 Å². The summed E-state index contributed by atoms with van der Waals surface area (Å²) in [5.74, 6) is 1.07. The third-order valence-corrected chi connectivity index (χ3v) is 3.13. The first-order valence-corrected chi connectivity index (χ1v) is 6.04. The van der Waals surface area contributed by atoms with E-state index in [1.54, 1.807) is 0 Å². The maximum Gasteiger partial charge on any atom is 0.00667 e. The minimum Gasteiger partial charge on any atom is -0.317 e. The number of hydrogen-bond acceptors (Lipinski definition) is 1. The Kier molecular flexibility index (Phi) is 5.45. The van der Waals surface area contributed by atoms with Gasteiger partial charge >= 0.3 is 0 Å². The number of hydrogen-bond donors (Lipinski definition) is 1. The van der Waals surface area contributed by atoms with Crippen molar-refractivity contribution in [3.63, 3.8) is 0 Å². The van der Waals surface area contributed by atoms with Crippen LogP contribution in [0.4, 0.5) is 0 Å². The van der Waals surface area contributed by atoms with Crippen molar-refractivity contribution in [2.75, 3.05) is 7.05 Å². The first-order chi connectivity index (χ1) is 6.36. The zero-order valence-electron chi connectivity index (χ0n) is 9.31. The van der Waals surface area contributed by atoms with E-state index < -0.39 is 0 Å². The molecule has 1 rings (SSSR count). The van der Waals surface area contributed by atoms with Gasteiger partial charge in [0.15, 0.2) is 0 Å². The van der Waals surface area contributed by atoms with Gasteiger partial charge in [-0.15, -0.1) is 0 Å². The predicted molar refractivity (Wildman–Crippen MR) is 58.9 cm³/mol. The third-order valence-electron chi connectivity index (χ3n) is 3.13. The summed E-state index contributed by atoms with van der Waals surface area (Å²) in [6, 6.07) is 0.810. The van der Waals surface area contributed by atoms with E-state index in [-0.39, 0.29) is 0 Å². The lowest BCUT2D eigenvalue weighted by Crippen LogP contribution is -2.25. The molecule has 1 unspecified atom stereocenters. The lowest BCUT2D eigenvalue weighted by atomic mass is 10.0. The molecule has 1 saturated carbocycles. The SMILES string of the molecule is CCCCCCC(CC1CC1)NC. The molecule has 1 nitrogen and oxygen atoms in total. The Morgan fingerprint density at radius 3 is 2.54 bits per heavy atom. The Hall–Kier alpha value is -0.0400. The van der Waals surface area contributed by atoms with E-state index in [1.807, 2.05) is 0 Å². The van der Waals surface area contributed by atoms with Gasteiger partial charge in [0.25, 0.3) is 0 Å². The Morgan fingerprint density at radius 2 is 2.00 bits per heavy atom. The largest absolute Gasteiger partial charge is 0.317 e. The second kappa shape index (κ2) is 6.42. The Balaban J connectivity index is 1.94. The van der Waals surface area contributed by atoms with Crippen molar-refractivity contribution in [1.82, 2.24) is 5.32 Å². The highest BCUT2D eigenvalue weighted by molar-refractivity contribution is 4.79. The molecule has 1 aliphatic carbocycles. The van der Waals surface area contributed by atoms with Crippen LogP contribution >= 0.6 is 0 Å². The molecule has 1 fully saturated rings. The van der Waals surface area contributed by atoms with Crippen LogP contribution in [0.2, 0.25) is 0 Å². The Morgan fingerprint density at radius 1 is 1.23 bits per heavy atom. The summed E-state index contributed by atoms with van der Waals surface area (Å²) in [7, 11) is 2.12. The number of nitrogens with one attached hydrogen (secondary N) is 1. The van der Waals surface area contributed by atoms with Gasteiger partial charge < -0.3 is 5.32 Å². The Bertz CT molecular complexity index is 118. The third kappa shape index (κ3) is 5.30. The molecule has 0 aromatic carbocycles. The maximum absolute atomic E-state index is 3.45. The van der Waals surface area contributed by atoms with Gasteiger partial charge in [0.05, 0.1) is 0 Å². The zero-order valence-corrected chi connectivity index (χ0v) is 9.31. The van der Waals surface area contributed by atoms with Gasteiger partial charge in [-0.3, -0.25) is 0 Å². The molecule has 0 bridgehead atoms. The fraction of sp³-hybridized carbons (Fsp3) is 1.00. The summed E-state index contributed by atoms with van der Waals surface area (Å²) >= 11 is 0. The Labute approximate surface area is 83.3 Å². The van der Waals surface area contributed by atoms with Gasteiger partial charge in [0, 0.05) is 6.04 Å². The van der Waals surface area contributed by atoms with Gasteiger partial charge in [0.2, 0.25) is 0 Å². The molecule has 0 spiro atoms. The molecule has 1 heteroatoms. The van der Waals surface area contributed by atoms with Gasteiger partial charge in [-0.2, -0.15) is 0 Å². The summed E-state index contributed by atoms with van der Waals surface area (Å²) in [5, 5.41) is 3.45. The average Bonchev–Trinajstić information content (AvgIpc) is 2.94. The molecular formula is C12H25N. The molecule has 13 heavy (non-hydrogen) atoms. The van der Waals surface area contributed by atoms with E-state index in [1.165, 1.54) is 51.4 Å². The molecule has 0 aromatic rings. The zero-order chi connectivity index (χ0) is 9.52. The van der Waals surface area contributed by atoms with Gasteiger partial charge in [-0.1, -0.05) is 45.4 Å². The molecular weight excluding hydrogens is 158 g/mol. The van der Waals surface area contributed by atoms with Crippen LogP contribution in [0.5, 0.6) is 0 Å². The van der Waals surface area contributed by atoms with Crippen LogP contribution in [-0.4, -0.2) is 13.1 Å². The van der Waals surface area contributed by atoms with Gasteiger partial charge in [0.1, 0.15) is 0 Å². The monoisotopic (exact) mass is 183 g/mol. The summed E-state index contributed by atoms with van der Waals surface area (Å²) < 4.78 is 0. The predicted octanol–water partition coefficient (Wildman–Crippen LogP) is 3.34. The second-order valence-corrected chi connectivity index (χ2v) is 4.51. The molecule has 1 atom stereocenters. The van der Waals surface area contributed by atoms with E-state index in [9.17, 15) is 0 Å². The van der Waals surface area contributed by atoms with Crippen LogP contribution < -0.4 is 5.32 Å². The topological polar surface area (TPSA) is 12.0 Å². The highest BCUT2D eigenvalue weighted by atomic mass is 14.9. The molecule has 0 aliphatic heterocycles. The highest BCUT2D eigenvalue weighted by Crippen LogP contribution is 2.34. The summed E-state index contributed by atoms with van der Waals surface area (Å²) in [4.78, 5) is 0. The lowest BCUT2D eigenvalue weighted by Gasteiger charge is -2.15. The van der Waals surface area contributed by atoms with Crippen molar-refractivity contribution in [2.45, 2.75) is 64.3 Å². The minimum absolute atomic E-state index is 0.810. The lowest BCUT2D eigenvalue weighted by molar-refractivity contribution is 0.441. The first-order valence-electron chi connectivity index (χ1n) is 6.04. The first kappa shape index (κ1) is 11.0. The standard InChI is InChI=1S/C12H25N/c1-3-4-5-6-7-12(13-2)10-11-8-9-11/h11-13H,3-10H2,1-2H3. The minimum atomic E-state index is 0.810. The summed E-state index contributed by atoms with van der Waals surface area (Å²) in [6.07, 6.45) is 11.4. The second-order valence-electron chi connectivity index (χ2n) is 4.51. The molecule has 0 aromatic heterocycles. The van der Waals surface area contributed by atoms with Crippen LogP contribution in [-0.2, 0) is 0 Å². The highest BCUT2D eigenvalue weighted by Gasteiger charge is 2.24. The molecule has 1 aliphatic rings. The van der Waals surface area contributed by atoms with Crippen molar-refractivity contribution >= 4 is 0 Å². The average molecular weight is 183 g/mol.